The maximum absolute atomic E-state index is 5.56. The highest BCUT2D eigenvalue weighted by Gasteiger charge is 2.16. The van der Waals surface area contributed by atoms with E-state index in [1.807, 2.05) is 24.5 Å². The number of pyridine rings is 2. The molecule has 5 heteroatoms. The molecule has 110 valence electrons. The molecular formula is C17H16N4S. The first kappa shape index (κ1) is 13.4. The Morgan fingerprint density at radius 1 is 1.14 bits per heavy atom. The van der Waals surface area contributed by atoms with Gasteiger partial charge in [0.15, 0.2) is 5.11 Å². The van der Waals surface area contributed by atoms with E-state index in [4.69, 9.17) is 12.2 Å². The number of hydrogen-bond donors (Lipinski definition) is 1. The number of aromatic nitrogens is 2. The molecule has 3 aromatic rings. The molecule has 4 rings (SSSR count). The van der Waals surface area contributed by atoms with E-state index in [0.29, 0.717) is 0 Å². The Kier molecular flexibility index (Phi) is 3.35. The number of thiocarbonyl (C=S) groups is 1. The number of rotatable bonds is 1. The normalized spacial score (nSPS) is 14.6. The van der Waals surface area contributed by atoms with Crippen molar-refractivity contribution in [2.24, 2.45) is 0 Å². The highest BCUT2D eigenvalue weighted by molar-refractivity contribution is 7.80. The molecule has 1 aromatic carbocycles. The van der Waals surface area contributed by atoms with E-state index in [0.717, 1.165) is 45.6 Å². The van der Waals surface area contributed by atoms with Gasteiger partial charge in [-0.1, -0.05) is 0 Å². The van der Waals surface area contributed by atoms with Crippen LogP contribution in [0.4, 0.5) is 5.69 Å². The number of nitrogens with one attached hydrogen (secondary N) is 1. The minimum atomic E-state index is 0.802. The van der Waals surface area contributed by atoms with Crippen molar-refractivity contribution in [3.05, 3.63) is 42.9 Å². The van der Waals surface area contributed by atoms with Crippen LogP contribution in [0.15, 0.2) is 42.9 Å². The molecule has 2 aromatic heterocycles. The third-order valence-corrected chi connectivity index (χ3v) is 4.50. The summed E-state index contributed by atoms with van der Waals surface area (Å²) in [6.45, 7) is 2.08. The van der Waals surface area contributed by atoms with Crippen molar-refractivity contribution in [1.29, 1.82) is 0 Å². The summed E-state index contributed by atoms with van der Waals surface area (Å²) in [5.74, 6) is 0. The van der Waals surface area contributed by atoms with Gasteiger partial charge in [-0.2, -0.15) is 0 Å². The Balaban J connectivity index is 1.83. The van der Waals surface area contributed by atoms with Gasteiger partial charge in [-0.25, -0.2) is 0 Å². The SMILES string of the molecule is S=C(Nc1cc2ccncc2c2ncccc12)N1CCCC1. The summed E-state index contributed by atoms with van der Waals surface area (Å²) in [5, 5.41) is 7.48. The molecule has 3 heterocycles. The predicted molar refractivity (Wildman–Crippen MR) is 94.1 cm³/mol. The van der Waals surface area contributed by atoms with Crippen molar-refractivity contribution in [2.45, 2.75) is 12.8 Å². The van der Waals surface area contributed by atoms with Crippen LogP contribution in [0, 0.1) is 0 Å². The summed E-state index contributed by atoms with van der Waals surface area (Å²) in [5.41, 5.74) is 1.97. The van der Waals surface area contributed by atoms with Gasteiger partial charge in [0, 0.05) is 42.5 Å². The fourth-order valence-corrected chi connectivity index (χ4v) is 3.31. The van der Waals surface area contributed by atoms with Crippen molar-refractivity contribution in [2.75, 3.05) is 18.4 Å². The molecule has 0 bridgehead atoms. The molecule has 4 nitrogen and oxygen atoms in total. The summed E-state index contributed by atoms with van der Waals surface area (Å²) in [4.78, 5) is 11.0. The van der Waals surface area contributed by atoms with Crippen LogP contribution in [0.1, 0.15) is 12.8 Å². The lowest BCUT2D eigenvalue weighted by Crippen LogP contribution is -2.31. The van der Waals surface area contributed by atoms with Gasteiger partial charge in [0.25, 0.3) is 0 Å². The van der Waals surface area contributed by atoms with Crippen LogP contribution in [0.25, 0.3) is 21.7 Å². The van der Waals surface area contributed by atoms with Gasteiger partial charge in [0.05, 0.1) is 11.2 Å². The standard InChI is InChI=1S/C17H16N4S/c22-17(21-8-1-2-9-21)20-15-10-12-5-7-18-11-14(12)16-13(15)4-3-6-19-16/h3-7,10-11H,1-2,8-9H2,(H,20,22). The Hall–Kier alpha value is -2.27. The van der Waals surface area contributed by atoms with Gasteiger partial charge in [-0.3, -0.25) is 9.97 Å². The van der Waals surface area contributed by atoms with Crippen LogP contribution in [0.3, 0.4) is 0 Å². The molecule has 22 heavy (non-hydrogen) atoms. The molecule has 1 saturated heterocycles. The average molecular weight is 308 g/mol. The minimum absolute atomic E-state index is 0.802. The Morgan fingerprint density at radius 2 is 2.00 bits per heavy atom. The predicted octanol–water partition coefficient (Wildman–Crippen LogP) is 3.58. The van der Waals surface area contributed by atoms with E-state index in [-0.39, 0.29) is 0 Å². The lowest BCUT2D eigenvalue weighted by molar-refractivity contribution is 0.528. The zero-order valence-electron chi connectivity index (χ0n) is 12.1. The molecule has 0 amide bonds. The minimum Gasteiger partial charge on any atom is -0.349 e. The second-order valence-corrected chi connectivity index (χ2v) is 5.93. The second-order valence-electron chi connectivity index (χ2n) is 5.54. The van der Waals surface area contributed by atoms with Gasteiger partial charge in [0.1, 0.15) is 0 Å². The first-order chi connectivity index (χ1) is 10.8. The fourth-order valence-electron chi connectivity index (χ4n) is 3.02. The van der Waals surface area contributed by atoms with Crippen molar-refractivity contribution >= 4 is 44.7 Å². The van der Waals surface area contributed by atoms with Gasteiger partial charge < -0.3 is 10.2 Å². The zero-order valence-corrected chi connectivity index (χ0v) is 12.9. The number of anilines is 1. The van der Waals surface area contributed by atoms with Crippen LogP contribution in [-0.4, -0.2) is 33.1 Å². The highest BCUT2D eigenvalue weighted by Crippen LogP contribution is 2.30. The topological polar surface area (TPSA) is 41.1 Å². The van der Waals surface area contributed by atoms with Gasteiger partial charge in [0.2, 0.25) is 0 Å². The number of nitrogens with zero attached hydrogens (tertiary/aromatic N) is 3. The molecule has 1 aliphatic heterocycles. The fraction of sp³-hybridized carbons (Fsp3) is 0.235. The quantitative estimate of drug-likeness (QED) is 0.550. The molecule has 0 aliphatic carbocycles. The third kappa shape index (κ3) is 2.27. The van der Waals surface area contributed by atoms with Gasteiger partial charge in [-0.05, 0) is 54.7 Å². The second kappa shape index (κ2) is 5.50. The van der Waals surface area contributed by atoms with Crippen molar-refractivity contribution in [3.8, 4) is 0 Å². The van der Waals surface area contributed by atoms with E-state index in [1.54, 1.807) is 6.20 Å². The molecule has 0 radical (unpaired) electrons. The number of fused-ring (bicyclic) bond motifs is 3. The van der Waals surface area contributed by atoms with Crippen LogP contribution < -0.4 is 5.32 Å². The molecule has 1 fully saturated rings. The molecule has 0 saturated carbocycles. The van der Waals surface area contributed by atoms with E-state index in [2.05, 4.69) is 32.3 Å². The van der Waals surface area contributed by atoms with Crippen molar-refractivity contribution < 1.29 is 0 Å². The van der Waals surface area contributed by atoms with Gasteiger partial charge in [-0.15, -0.1) is 0 Å². The first-order valence-electron chi connectivity index (χ1n) is 7.50. The first-order valence-corrected chi connectivity index (χ1v) is 7.91. The van der Waals surface area contributed by atoms with E-state index < -0.39 is 0 Å². The number of hydrogen-bond acceptors (Lipinski definition) is 3. The van der Waals surface area contributed by atoms with E-state index >= 15 is 0 Å². The van der Waals surface area contributed by atoms with Crippen LogP contribution in [-0.2, 0) is 0 Å². The largest absolute Gasteiger partial charge is 0.349 e. The van der Waals surface area contributed by atoms with E-state index in [1.165, 1.54) is 12.8 Å². The monoisotopic (exact) mass is 308 g/mol. The molecular weight excluding hydrogens is 292 g/mol. The summed E-state index contributed by atoms with van der Waals surface area (Å²) in [6.07, 6.45) is 7.92. The summed E-state index contributed by atoms with van der Waals surface area (Å²) in [6, 6.07) is 8.16. The summed E-state index contributed by atoms with van der Waals surface area (Å²) < 4.78 is 0. The van der Waals surface area contributed by atoms with E-state index in [9.17, 15) is 0 Å². The smallest absolute Gasteiger partial charge is 0.173 e. The molecule has 0 spiro atoms. The average Bonchev–Trinajstić information content (AvgIpc) is 3.10. The third-order valence-electron chi connectivity index (χ3n) is 4.14. The summed E-state index contributed by atoms with van der Waals surface area (Å²) >= 11 is 5.56. The highest BCUT2D eigenvalue weighted by atomic mass is 32.1. The van der Waals surface area contributed by atoms with Crippen molar-refractivity contribution in [1.82, 2.24) is 14.9 Å². The van der Waals surface area contributed by atoms with Gasteiger partial charge >= 0.3 is 0 Å². The maximum atomic E-state index is 5.56. The van der Waals surface area contributed by atoms with Crippen LogP contribution in [0.2, 0.25) is 0 Å². The Morgan fingerprint density at radius 3 is 2.86 bits per heavy atom. The lowest BCUT2D eigenvalue weighted by Gasteiger charge is -2.20. The Labute approximate surface area is 134 Å². The number of benzene rings is 1. The maximum Gasteiger partial charge on any atom is 0.173 e. The molecule has 0 unspecified atom stereocenters. The zero-order chi connectivity index (χ0) is 14.9. The van der Waals surface area contributed by atoms with Crippen LogP contribution >= 0.6 is 12.2 Å². The van der Waals surface area contributed by atoms with Crippen LogP contribution in [0.5, 0.6) is 0 Å². The summed E-state index contributed by atoms with van der Waals surface area (Å²) in [7, 11) is 0. The Bertz CT molecular complexity index is 856. The molecule has 1 N–H and O–H groups in total. The molecule has 0 atom stereocenters. The number of likely N-dealkylation sites (tertiary alicyclic amines) is 1. The van der Waals surface area contributed by atoms with Crippen molar-refractivity contribution in [3.63, 3.8) is 0 Å². The molecule has 1 aliphatic rings. The lowest BCUT2D eigenvalue weighted by atomic mass is 10.1.